The minimum Gasteiger partial charge on any atom is -0.277 e. The average molecular weight is 237 g/mol. The van der Waals surface area contributed by atoms with Crippen LogP contribution in [0, 0.1) is 0 Å². The normalized spacial score (nSPS) is 11.5. The molecule has 70 valence electrons. The smallest absolute Gasteiger partial charge is 0.227 e. The first-order valence-corrected chi connectivity index (χ1v) is 4.91. The third-order valence-corrected chi connectivity index (χ3v) is 2.82. The molecule has 0 saturated carbocycles. The number of hydrazone groups is 1. The summed E-state index contributed by atoms with van der Waals surface area (Å²) in [4.78, 5) is 9.96. The maximum atomic E-state index is 9.96. The second-order valence-corrected chi connectivity index (χ2v) is 4.47. The Labute approximate surface area is 89.3 Å². The van der Waals surface area contributed by atoms with Crippen LogP contribution in [0.15, 0.2) is 11.2 Å². The second-order valence-electron chi connectivity index (χ2n) is 2.18. The summed E-state index contributed by atoms with van der Waals surface area (Å²) in [5, 5.41) is 3.75. The van der Waals surface area contributed by atoms with Gasteiger partial charge in [-0.3, -0.25) is 4.79 Å². The predicted molar refractivity (Wildman–Crippen MR) is 55.7 cm³/mol. The highest BCUT2D eigenvalue weighted by Gasteiger charge is 2.08. The third kappa shape index (κ3) is 2.69. The van der Waals surface area contributed by atoms with Crippen LogP contribution in [0.4, 0.5) is 0 Å². The van der Waals surface area contributed by atoms with Crippen LogP contribution in [0.2, 0.25) is 8.67 Å². The number of carbonyl (C=O) groups excluding carboxylic acids is 1. The minimum atomic E-state index is 0.491. The highest BCUT2D eigenvalue weighted by Crippen LogP contribution is 2.31. The van der Waals surface area contributed by atoms with Crippen molar-refractivity contribution >= 4 is 46.7 Å². The Bertz CT molecular complexity index is 348. The molecular weight excluding hydrogens is 231 g/mol. The first-order chi connectivity index (χ1) is 6.15. The number of nitrogens with zero attached hydrogens (tertiary/aromatic N) is 1. The Morgan fingerprint density at radius 1 is 1.69 bits per heavy atom. The van der Waals surface area contributed by atoms with Gasteiger partial charge < -0.3 is 0 Å². The fourth-order valence-corrected chi connectivity index (χ4v) is 2.33. The fourth-order valence-electron chi connectivity index (χ4n) is 0.770. The number of nitrogens with one attached hydrogen (secondary N) is 1. The summed E-state index contributed by atoms with van der Waals surface area (Å²) >= 11 is 12.9. The first kappa shape index (κ1) is 10.5. The monoisotopic (exact) mass is 236 g/mol. The van der Waals surface area contributed by atoms with E-state index in [-0.39, 0.29) is 0 Å². The van der Waals surface area contributed by atoms with E-state index in [0.717, 1.165) is 5.56 Å². The molecule has 1 amide bonds. The molecule has 0 fully saturated rings. The molecule has 0 spiro atoms. The number of rotatable bonds is 3. The van der Waals surface area contributed by atoms with E-state index in [9.17, 15) is 4.79 Å². The molecule has 1 aromatic rings. The average Bonchev–Trinajstić information content (AvgIpc) is 2.41. The maximum Gasteiger partial charge on any atom is 0.227 e. The van der Waals surface area contributed by atoms with Crippen molar-refractivity contribution in [2.24, 2.45) is 5.10 Å². The number of halogens is 2. The summed E-state index contributed by atoms with van der Waals surface area (Å²) in [6, 6.07) is 1.71. The number of amides is 1. The SMILES string of the molecule is C/C(=N/NC=O)c1cc(Cl)sc1Cl. The maximum absolute atomic E-state index is 9.96. The van der Waals surface area contributed by atoms with Gasteiger partial charge in [0.15, 0.2) is 0 Å². The fraction of sp³-hybridized carbons (Fsp3) is 0.143. The summed E-state index contributed by atoms with van der Waals surface area (Å²) in [7, 11) is 0. The molecule has 0 aliphatic rings. The summed E-state index contributed by atoms with van der Waals surface area (Å²) < 4.78 is 1.17. The summed E-state index contributed by atoms with van der Waals surface area (Å²) in [5.41, 5.74) is 3.56. The van der Waals surface area contributed by atoms with E-state index in [1.165, 1.54) is 11.3 Å². The summed E-state index contributed by atoms with van der Waals surface area (Å²) in [5.74, 6) is 0. The van der Waals surface area contributed by atoms with Crippen LogP contribution in [0.5, 0.6) is 0 Å². The highest BCUT2D eigenvalue weighted by atomic mass is 35.5. The lowest BCUT2D eigenvalue weighted by Gasteiger charge is -1.95. The van der Waals surface area contributed by atoms with E-state index in [0.29, 0.717) is 20.8 Å². The predicted octanol–water partition coefficient (Wildman–Crippen LogP) is 2.52. The quantitative estimate of drug-likeness (QED) is 0.489. The molecule has 6 heteroatoms. The highest BCUT2D eigenvalue weighted by molar-refractivity contribution is 7.20. The van der Waals surface area contributed by atoms with E-state index in [2.05, 4.69) is 10.5 Å². The molecule has 1 aromatic heterocycles. The van der Waals surface area contributed by atoms with Crippen LogP contribution in [0.1, 0.15) is 12.5 Å². The molecular formula is C7H6Cl2N2OS. The molecule has 0 bridgehead atoms. The van der Waals surface area contributed by atoms with Gasteiger partial charge in [0, 0.05) is 5.56 Å². The molecule has 0 unspecified atom stereocenters. The number of thiophene rings is 1. The number of carbonyl (C=O) groups is 1. The van der Waals surface area contributed by atoms with Crippen molar-refractivity contribution in [3.05, 3.63) is 20.3 Å². The van der Waals surface area contributed by atoms with Gasteiger partial charge in [0.05, 0.1) is 10.0 Å². The zero-order valence-electron chi connectivity index (χ0n) is 6.67. The summed E-state index contributed by atoms with van der Waals surface area (Å²) in [6.45, 7) is 1.74. The van der Waals surface area contributed by atoms with Gasteiger partial charge >= 0.3 is 0 Å². The molecule has 0 atom stereocenters. The van der Waals surface area contributed by atoms with Crippen LogP contribution in [0.25, 0.3) is 0 Å². The first-order valence-electron chi connectivity index (χ1n) is 3.34. The van der Waals surface area contributed by atoms with Crippen molar-refractivity contribution in [3.8, 4) is 0 Å². The third-order valence-electron chi connectivity index (χ3n) is 1.33. The summed E-state index contributed by atoms with van der Waals surface area (Å²) in [6.07, 6.45) is 0.491. The van der Waals surface area contributed by atoms with Crippen molar-refractivity contribution in [1.82, 2.24) is 5.43 Å². The molecule has 0 aliphatic heterocycles. The molecule has 0 radical (unpaired) electrons. The molecule has 13 heavy (non-hydrogen) atoms. The van der Waals surface area contributed by atoms with Gasteiger partial charge in [0.25, 0.3) is 0 Å². The van der Waals surface area contributed by atoms with Gasteiger partial charge in [-0.1, -0.05) is 23.2 Å². The minimum absolute atomic E-state index is 0.491. The van der Waals surface area contributed by atoms with E-state index >= 15 is 0 Å². The van der Waals surface area contributed by atoms with Gasteiger partial charge in [-0.2, -0.15) is 5.10 Å². The van der Waals surface area contributed by atoms with E-state index in [1.54, 1.807) is 13.0 Å². The molecule has 0 saturated heterocycles. The van der Waals surface area contributed by atoms with Gasteiger partial charge in [-0.25, -0.2) is 5.43 Å². The van der Waals surface area contributed by atoms with E-state index in [1.807, 2.05) is 0 Å². The van der Waals surface area contributed by atoms with E-state index in [4.69, 9.17) is 23.2 Å². The topological polar surface area (TPSA) is 41.5 Å². The lowest BCUT2D eigenvalue weighted by molar-refractivity contribution is -0.109. The molecule has 3 nitrogen and oxygen atoms in total. The number of hydrogen-bond acceptors (Lipinski definition) is 3. The standard InChI is InChI=1S/C7H6Cl2N2OS/c1-4(11-10-3-12)5-2-6(8)13-7(5)9/h2-3H,1H3,(H,10,12)/b11-4-. The second kappa shape index (κ2) is 4.60. The lowest BCUT2D eigenvalue weighted by atomic mass is 10.2. The van der Waals surface area contributed by atoms with Gasteiger partial charge in [-0.15, -0.1) is 11.3 Å². The Morgan fingerprint density at radius 3 is 2.85 bits per heavy atom. The Morgan fingerprint density at radius 2 is 2.38 bits per heavy atom. The van der Waals surface area contributed by atoms with Gasteiger partial charge in [0.1, 0.15) is 4.34 Å². The van der Waals surface area contributed by atoms with Crippen LogP contribution in [-0.4, -0.2) is 12.1 Å². The van der Waals surface area contributed by atoms with Gasteiger partial charge in [-0.05, 0) is 13.0 Å². The van der Waals surface area contributed by atoms with Crippen LogP contribution < -0.4 is 5.43 Å². The van der Waals surface area contributed by atoms with Crippen LogP contribution in [-0.2, 0) is 4.79 Å². The van der Waals surface area contributed by atoms with Crippen molar-refractivity contribution in [1.29, 1.82) is 0 Å². The molecule has 1 heterocycles. The molecule has 0 aromatic carbocycles. The van der Waals surface area contributed by atoms with E-state index < -0.39 is 0 Å². The van der Waals surface area contributed by atoms with Crippen molar-refractivity contribution in [2.75, 3.05) is 0 Å². The molecule has 0 aliphatic carbocycles. The largest absolute Gasteiger partial charge is 0.277 e. The van der Waals surface area contributed by atoms with Crippen molar-refractivity contribution < 1.29 is 4.79 Å². The Balaban J connectivity index is 2.93. The lowest BCUT2D eigenvalue weighted by Crippen LogP contribution is -2.05. The van der Waals surface area contributed by atoms with Gasteiger partial charge in [0.2, 0.25) is 6.41 Å². The zero-order chi connectivity index (χ0) is 9.84. The zero-order valence-corrected chi connectivity index (χ0v) is 9.00. The van der Waals surface area contributed by atoms with Crippen LogP contribution in [0.3, 0.4) is 0 Å². The van der Waals surface area contributed by atoms with Crippen molar-refractivity contribution in [3.63, 3.8) is 0 Å². The Kier molecular flexibility index (Phi) is 3.71. The Hall–Kier alpha value is -0.580. The molecule has 1 N–H and O–H groups in total. The van der Waals surface area contributed by atoms with Crippen molar-refractivity contribution in [2.45, 2.75) is 6.92 Å². The number of hydrogen-bond donors (Lipinski definition) is 1. The molecule has 1 rings (SSSR count). The van der Waals surface area contributed by atoms with Crippen LogP contribution >= 0.6 is 34.5 Å².